The van der Waals surface area contributed by atoms with Gasteiger partial charge in [0.05, 0.1) is 5.56 Å². The maximum absolute atomic E-state index is 13.5. The van der Waals surface area contributed by atoms with Crippen molar-refractivity contribution in [2.24, 2.45) is 23.7 Å². The van der Waals surface area contributed by atoms with Crippen LogP contribution in [0.4, 0.5) is 16.2 Å². The first-order chi connectivity index (χ1) is 20.5. The van der Waals surface area contributed by atoms with Crippen molar-refractivity contribution in [3.05, 3.63) is 59.7 Å². The summed E-state index contributed by atoms with van der Waals surface area (Å²) in [5.41, 5.74) is 3.58. The summed E-state index contributed by atoms with van der Waals surface area (Å²) >= 11 is 0. The Morgan fingerprint density at radius 3 is 2.31 bits per heavy atom. The van der Waals surface area contributed by atoms with E-state index in [4.69, 9.17) is 4.74 Å². The maximum Gasteiger partial charge on any atom is 0.319 e. The van der Waals surface area contributed by atoms with Crippen LogP contribution in [-0.2, 0) is 11.2 Å². The molecule has 0 spiro atoms. The average molecular weight is 573 g/mol. The third-order valence-corrected chi connectivity index (χ3v) is 10.2. The van der Waals surface area contributed by atoms with Gasteiger partial charge in [0.15, 0.2) is 0 Å². The molecule has 0 unspecified atom stereocenters. The number of piperidine rings is 1. The second-order valence-electron chi connectivity index (χ2n) is 13.4. The lowest BCUT2D eigenvalue weighted by molar-refractivity contribution is -0.0127. The molecule has 0 atom stereocenters. The Hall–Kier alpha value is -3.06. The third-order valence-electron chi connectivity index (χ3n) is 10.2. The van der Waals surface area contributed by atoms with Crippen LogP contribution in [-0.4, -0.2) is 50.3 Å². The SMILES string of the molecule is CCOCCCNC(=O)c1cc(NC(=O)NC23CC4CC(CC(C4)C2)C3)ccc1N1CCC(Cc2ccccc2)CC1. The van der Waals surface area contributed by atoms with Crippen molar-refractivity contribution in [2.75, 3.05) is 43.1 Å². The molecule has 226 valence electrons. The number of benzene rings is 2. The molecule has 1 heterocycles. The van der Waals surface area contributed by atoms with E-state index < -0.39 is 0 Å². The third kappa shape index (κ3) is 6.94. The highest BCUT2D eigenvalue weighted by Gasteiger charge is 2.51. The van der Waals surface area contributed by atoms with E-state index in [2.05, 4.69) is 51.2 Å². The number of nitrogens with zero attached hydrogens (tertiary/aromatic N) is 1. The molecular formula is C35H48N4O3. The van der Waals surface area contributed by atoms with Gasteiger partial charge in [-0.15, -0.1) is 0 Å². The zero-order chi connectivity index (χ0) is 28.9. The fourth-order valence-corrected chi connectivity index (χ4v) is 8.68. The zero-order valence-electron chi connectivity index (χ0n) is 25.2. The van der Waals surface area contributed by atoms with Gasteiger partial charge in [0.1, 0.15) is 0 Å². The van der Waals surface area contributed by atoms with E-state index in [-0.39, 0.29) is 17.5 Å². The van der Waals surface area contributed by atoms with Crippen LogP contribution >= 0.6 is 0 Å². The van der Waals surface area contributed by atoms with E-state index in [1.807, 2.05) is 25.1 Å². The molecule has 3 amide bonds. The highest BCUT2D eigenvalue weighted by Crippen LogP contribution is 2.55. The van der Waals surface area contributed by atoms with Gasteiger partial charge in [0.2, 0.25) is 0 Å². The summed E-state index contributed by atoms with van der Waals surface area (Å²) in [6.45, 7) is 5.68. The minimum atomic E-state index is -0.144. The van der Waals surface area contributed by atoms with Crippen LogP contribution in [0.3, 0.4) is 0 Å². The van der Waals surface area contributed by atoms with Gasteiger partial charge in [-0.3, -0.25) is 4.79 Å². The highest BCUT2D eigenvalue weighted by molar-refractivity contribution is 6.02. The molecule has 1 aliphatic heterocycles. The number of nitrogens with one attached hydrogen (secondary N) is 3. The lowest BCUT2D eigenvalue weighted by Gasteiger charge is -2.56. The van der Waals surface area contributed by atoms with E-state index in [9.17, 15) is 9.59 Å². The standard InChI is InChI=1S/C35H48N4O3/c1-2-42-16-6-13-36-33(40)31-21-30(37-34(41)38-35-22-27-18-28(23-35)20-29(19-27)24-35)9-10-32(31)39-14-11-26(12-15-39)17-25-7-4-3-5-8-25/h3-5,7-10,21,26-29H,2,6,11-20,22-24H2,1H3,(H,36,40)(H2,37,38,41). The summed E-state index contributed by atoms with van der Waals surface area (Å²) in [4.78, 5) is 29.1. The van der Waals surface area contributed by atoms with Gasteiger partial charge in [-0.2, -0.15) is 0 Å². The number of hydrogen-bond acceptors (Lipinski definition) is 4. The summed E-state index contributed by atoms with van der Waals surface area (Å²) in [5, 5.41) is 9.58. The molecule has 42 heavy (non-hydrogen) atoms. The predicted octanol–water partition coefficient (Wildman–Crippen LogP) is 6.39. The van der Waals surface area contributed by atoms with Gasteiger partial charge >= 0.3 is 6.03 Å². The monoisotopic (exact) mass is 572 g/mol. The normalized spacial score (nSPS) is 26.7. The number of urea groups is 1. The first-order valence-electron chi connectivity index (χ1n) is 16.4. The van der Waals surface area contributed by atoms with Gasteiger partial charge in [0.25, 0.3) is 5.91 Å². The molecule has 2 aromatic rings. The minimum absolute atomic E-state index is 0.0520. The fourth-order valence-electron chi connectivity index (χ4n) is 8.68. The zero-order valence-corrected chi connectivity index (χ0v) is 25.2. The topological polar surface area (TPSA) is 82.7 Å². The summed E-state index contributed by atoms with van der Waals surface area (Å²) in [5.74, 6) is 2.86. The summed E-state index contributed by atoms with van der Waals surface area (Å²) in [7, 11) is 0. The number of amides is 3. The van der Waals surface area contributed by atoms with Crippen molar-refractivity contribution in [2.45, 2.75) is 76.7 Å². The van der Waals surface area contributed by atoms with Crippen LogP contribution in [0.15, 0.2) is 48.5 Å². The van der Waals surface area contributed by atoms with Crippen LogP contribution in [0.2, 0.25) is 0 Å². The predicted molar refractivity (Wildman–Crippen MR) is 168 cm³/mol. The molecule has 7 nitrogen and oxygen atoms in total. The van der Waals surface area contributed by atoms with Gasteiger partial charge in [-0.1, -0.05) is 30.3 Å². The van der Waals surface area contributed by atoms with Crippen molar-refractivity contribution in [3.8, 4) is 0 Å². The van der Waals surface area contributed by atoms with E-state index in [1.165, 1.54) is 24.8 Å². The van der Waals surface area contributed by atoms with E-state index in [0.29, 0.717) is 36.9 Å². The van der Waals surface area contributed by atoms with Crippen LogP contribution < -0.4 is 20.9 Å². The van der Waals surface area contributed by atoms with Crippen molar-refractivity contribution in [3.63, 3.8) is 0 Å². The van der Waals surface area contributed by atoms with E-state index >= 15 is 0 Å². The number of carbonyl (C=O) groups excluding carboxylic acids is 2. The van der Waals surface area contributed by atoms with Crippen LogP contribution in [0, 0.1) is 23.7 Å². The molecule has 7 heteroatoms. The molecule has 0 aromatic heterocycles. The molecule has 7 rings (SSSR count). The molecule has 4 aliphatic carbocycles. The van der Waals surface area contributed by atoms with Crippen LogP contribution in [0.5, 0.6) is 0 Å². The van der Waals surface area contributed by atoms with Crippen molar-refractivity contribution < 1.29 is 14.3 Å². The summed E-state index contributed by atoms with van der Waals surface area (Å²) in [6.07, 6.45) is 11.4. The second-order valence-corrected chi connectivity index (χ2v) is 13.4. The Morgan fingerprint density at radius 1 is 0.952 bits per heavy atom. The van der Waals surface area contributed by atoms with E-state index in [1.54, 1.807) is 0 Å². The molecule has 2 aromatic carbocycles. The lowest BCUT2D eigenvalue weighted by Crippen LogP contribution is -2.60. The van der Waals surface area contributed by atoms with Crippen molar-refractivity contribution in [1.82, 2.24) is 10.6 Å². The number of rotatable bonds is 11. The van der Waals surface area contributed by atoms with Gasteiger partial charge in [0, 0.05) is 49.8 Å². The first kappa shape index (κ1) is 29.0. The quantitative estimate of drug-likeness (QED) is 0.273. The van der Waals surface area contributed by atoms with Crippen LogP contribution in [0.1, 0.15) is 80.6 Å². The molecule has 3 N–H and O–H groups in total. The highest BCUT2D eigenvalue weighted by atomic mass is 16.5. The van der Waals surface area contributed by atoms with E-state index in [0.717, 1.165) is 81.5 Å². The Kier molecular flexibility index (Phi) is 9.03. The smallest absolute Gasteiger partial charge is 0.319 e. The second kappa shape index (κ2) is 13.1. The molecule has 5 aliphatic rings. The number of hydrogen-bond donors (Lipinski definition) is 3. The summed E-state index contributed by atoms with van der Waals surface area (Å²) in [6, 6.07) is 16.4. The number of ether oxygens (including phenoxy) is 1. The minimum Gasteiger partial charge on any atom is -0.382 e. The largest absolute Gasteiger partial charge is 0.382 e. The maximum atomic E-state index is 13.5. The number of anilines is 2. The van der Waals surface area contributed by atoms with Crippen LogP contribution in [0.25, 0.3) is 0 Å². The lowest BCUT2D eigenvalue weighted by atomic mass is 9.53. The molecular weight excluding hydrogens is 524 g/mol. The molecule has 4 saturated carbocycles. The van der Waals surface area contributed by atoms with Gasteiger partial charge < -0.3 is 25.6 Å². The van der Waals surface area contributed by atoms with Gasteiger partial charge in [-0.05, 0) is 119 Å². The van der Waals surface area contributed by atoms with Gasteiger partial charge in [-0.25, -0.2) is 4.79 Å². The Labute approximate surface area is 251 Å². The van der Waals surface area contributed by atoms with Crippen molar-refractivity contribution in [1.29, 1.82) is 0 Å². The Bertz CT molecular complexity index is 1190. The fraction of sp³-hybridized carbons (Fsp3) is 0.600. The first-order valence-corrected chi connectivity index (χ1v) is 16.4. The molecule has 5 fully saturated rings. The number of carbonyl (C=O) groups is 2. The molecule has 1 saturated heterocycles. The Morgan fingerprint density at radius 2 is 1.64 bits per heavy atom. The molecule has 4 bridgehead atoms. The summed E-state index contributed by atoms with van der Waals surface area (Å²) < 4.78 is 5.44. The molecule has 0 radical (unpaired) electrons. The Balaban J connectivity index is 1.12. The average Bonchev–Trinajstić information content (AvgIpc) is 2.97. The van der Waals surface area contributed by atoms with Crippen molar-refractivity contribution >= 4 is 23.3 Å².